The van der Waals surface area contributed by atoms with Crippen LogP contribution in [0.4, 0.5) is 0 Å². The van der Waals surface area contributed by atoms with Crippen LogP contribution in [0.5, 0.6) is 0 Å². The van der Waals surface area contributed by atoms with Crippen LogP contribution < -0.4 is 5.32 Å². The van der Waals surface area contributed by atoms with Gasteiger partial charge < -0.3 is 10.2 Å². The van der Waals surface area contributed by atoms with Gasteiger partial charge in [0.2, 0.25) is 0 Å². The zero-order valence-corrected chi connectivity index (χ0v) is 14.1. The topological polar surface area (TPSA) is 71.0 Å². The Morgan fingerprint density at radius 2 is 2.04 bits per heavy atom. The second-order valence-corrected chi connectivity index (χ2v) is 6.99. The molecular formula is C16H21N5OS. The molecule has 1 fully saturated rings. The molecule has 3 heterocycles. The number of aryl methyl sites for hydroxylation is 1. The molecule has 0 unspecified atom stereocenters. The van der Waals surface area contributed by atoms with E-state index in [2.05, 4.69) is 20.5 Å². The van der Waals surface area contributed by atoms with Crippen LogP contribution in [-0.4, -0.2) is 51.7 Å². The molecule has 0 saturated carbocycles. The number of hydrogen-bond acceptors (Lipinski definition) is 6. The summed E-state index contributed by atoms with van der Waals surface area (Å²) in [5, 5.41) is 13.8. The van der Waals surface area contributed by atoms with E-state index in [1.165, 1.54) is 0 Å². The Morgan fingerprint density at radius 1 is 1.30 bits per heavy atom. The van der Waals surface area contributed by atoms with Crippen molar-refractivity contribution in [1.82, 2.24) is 25.4 Å². The van der Waals surface area contributed by atoms with Gasteiger partial charge in [-0.1, -0.05) is 0 Å². The highest BCUT2D eigenvalue weighted by Gasteiger charge is 2.23. The minimum atomic E-state index is 0.107. The Balaban J connectivity index is 1.41. The fourth-order valence-electron chi connectivity index (χ4n) is 2.79. The van der Waals surface area contributed by atoms with Crippen molar-refractivity contribution < 1.29 is 4.79 Å². The summed E-state index contributed by atoms with van der Waals surface area (Å²) in [4.78, 5) is 18.3. The van der Waals surface area contributed by atoms with E-state index in [1.807, 2.05) is 11.8 Å². The maximum Gasteiger partial charge on any atom is 0.253 e. The van der Waals surface area contributed by atoms with E-state index in [-0.39, 0.29) is 5.91 Å². The second kappa shape index (κ2) is 7.61. The molecule has 7 heteroatoms. The number of pyridine rings is 1. The molecule has 0 atom stereocenters. The average Bonchev–Trinajstić information content (AvgIpc) is 3.01. The Kier molecular flexibility index (Phi) is 5.30. The average molecular weight is 331 g/mol. The number of rotatable bonds is 5. The fourth-order valence-corrected chi connectivity index (χ4v) is 3.49. The van der Waals surface area contributed by atoms with Crippen LogP contribution >= 0.6 is 11.3 Å². The molecule has 1 saturated heterocycles. The highest BCUT2D eigenvalue weighted by Crippen LogP contribution is 2.14. The lowest BCUT2D eigenvalue weighted by atomic mass is 10.0. The molecule has 0 aromatic carbocycles. The van der Waals surface area contributed by atoms with Crippen molar-refractivity contribution in [2.45, 2.75) is 32.2 Å². The molecule has 1 aliphatic rings. The summed E-state index contributed by atoms with van der Waals surface area (Å²) < 4.78 is 0. The Bertz CT molecular complexity index is 637. The molecule has 0 aliphatic carbocycles. The van der Waals surface area contributed by atoms with Crippen LogP contribution in [0.3, 0.4) is 0 Å². The van der Waals surface area contributed by atoms with Crippen molar-refractivity contribution in [2.75, 3.05) is 19.6 Å². The summed E-state index contributed by atoms with van der Waals surface area (Å²) in [6, 6.07) is 4.03. The predicted molar refractivity (Wildman–Crippen MR) is 89.5 cm³/mol. The number of carbonyl (C=O) groups is 1. The molecule has 0 spiro atoms. The first kappa shape index (κ1) is 16.0. The third-order valence-corrected chi connectivity index (χ3v) is 4.95. The number of carbonyl (C=O) groups excluding carboxylic acids is 1. The molecule has 0 radical (unpaired) electrons. The summed E-state index contributed by atoms with van der Waals surface area (Å²) in [5.74, 6) is 0.107. The highest BCUT2D eigenvalue weighted by atomic mass is 32.1. The van der Waals surface area contributed by atoms with Gasteiger partial charge in [0.25, 0.3) is 5.91 Å². The molecule has 3 rings (SSSR count). The van der Waals surface area contributed by atoms with Crippen LogP contribution in [0, 0.1) is 6.92 Å². The van der Waals surface area contributed by atoms with Crippen molar-refractivity contribution in [2.24, 2.45) is 0 Å². The van der Waals surface area contributed by atoms with Crippen molar-refractivity contribution in [3.8, 4) is 0 Å². The van der Waals surface area contributed by atoms with Crippen LogP contribution in [0.15, 0.2) is 24.5 Å². The van der Waals surface area contributed by atoms with E-state index in [9.17, 15) is 4.79 Å². The van der Waals surface area contributed by atoms with Crippen molar-refractivity contribution in [1.29, 1.82) is 0 Å². The van der Waals surface area contributed by atoms with Gasteiger partial charge in [0, 0.05) is 50.1 Å². The van der Waals surface area contributed by atoms with Gasteiger partial charge in [0.15, 0.2) is 0 Å². The molecule has 2 aromatic heterocycles. The number of piperidine rings is 1. The monoisotopic (exact) mass is 331 g/mol. The number of aromatic nitrogens is 3. The van der Waals surface area contributed by atoms with Gasteiger partial charge in [-0.25, -0.2) is 0 Å². The van der Waals surface area contributed by atoms with Crippen LogP contribution in [0.2, 0.25) is 0 Å². The second-order valence-electron chi connectivity index (χ2n) is 5.72. The highest BCUT2D eigenvalue weighted by molar-refractivity contribution is 7.11. The van der Waals surface area contributed by atoms with E-state index in [0.717, 1.165) is 54.5 Å². The minimum absolute atomic E-state index is 0.107. The maximum atomic E-state index is 12.4. The van der Waals surface area contributed by atoms with Gasteiger partial charge in [0.05, 0.1) is 0 Å². The molecular weight excluding hydrogens is 310 g/mol. The molecule has 0 bridgehead atoms. The van der Waals surface area contributed by atoms with Crippen LogP contribution in [0.25, 0.3) is 0 Å². The third-order valence-electron chi connectivity index (χ3n) is 4.05. The number of amides is 1. The van der Waals surface area contributed by atoms with Crippen molar-refractivity contribution >= 4 is 17.2 Å². The normalized spacial score (nSPS) is 15.8. The number of hydrogen-bond donors (Lipinski definition) is 1. The smallest absolute Gasteiger partial charge is 0.253 e. The van der Waals surface area contributed by atoms with Gasteiger partial charge in [-0.05, 0) is 31.9 Å². The lowest BCUT2D eigenvalue weighted by Crippen LogP contribution is -2.45. The molecule has 6 nitrogen and oxygen atoms in total. The van der Waals surface area contributed by atoms with Crippen LogP contribution in [0.1, 0.15) is 33.2 Å². The van der Waals surface area contributed by atoms with E-state index in [0.29, 0.717) is 6.04 Å². The summed E-state index contributed by atoms with van der Waals surface area (Å²) in [6.45, 7) is 4.50. The molecule has 23 heavy (non-hydrogen) atoms. The van der Waals surface area contributed by atoms with Gasteiger partial charge in [-0.2, -0.15) is 0 Å². The van der Waals surface area contributed by atoms with Crippen molar-refractivity contribution in [3.05, 3.63) is 40.1 Å². The first-order valence-electron chi connectivity index (χ1n) is 7.94. The quantitative estimate of drug-likeness (QED) is 0.902. The van der Waals surface area contributed by atoms with Gasteiger partial charge in [-0.15, -0.1) is 21.5 Å². The Labute approximate surface area is 140 Å². The zero-order valence-electron chi connectivity index (χ0n) is 13.2. The summed E-state index contributed by atoms with van der Waals surface area (Å²) >= 11 is 1.66. The standard InChI is InChI=1S/C16H21N5OS/c1-12-19-20-15(23-12)4-9-18-14-5-10-21(11-6-14)16(22)13-2-7-17-8-3-13/h2-3,7-8,14,18H,4-6,9-11H2,1H3. The van der Waals surface area contributed by atoms with E-state index >= 15 is 0 Å². The maximum absolute atomic E-state index is 12.4. The largest absolute Gasteiger partial charge is 0.339 e. The van der Waals surface area contributed by atoms with Crippen molar-refractivity contribution in [3.63, 3.8) is 0 Å². The lowest BCUT2D eigenvalue weighted by Gasteiger charge is -2.32. The Morgan fingerprint density at radius 3 is 2.70 bits per heavy atom. The van der Waals surface area contributed by atoms with Gasteiger partial charge >= 0.3 is 0 Å². The summed E-state index contributed by atoms with van der Waals surface area (Å²) in [5.41, 5.74) is 0.720. The first-order chi connectivity index (χ1) is 11.2. The first-order valence-corrected chi connectivity index (χ1v) is 8.75. The Hall–Kier alpha value is -1.86. The summed E-state index contributed by atoms with van der Waals surface area (Å²) in [7, 11) is 0. The fraction of sp³-hybridized carbons (Fsp3) is 0.500. The molecule has 1 amide bonds. The molecule has 1 aliphatic heterocycles. The lowest BCUT2D eigenvalue weighted by molar-refractivity contribution is 0.0705. The molecule has 2 aromatic rings. The molecule has 122 valence electrons. The molecule has 1 N–H and O–H groups in total. The van der Waals surface area contributed by atoms with Gasteiger partial charge in [0.1, 0.15) is 10.0 Å². The van der Waals surface area contributed by atoms with E-state index in [4.69, 9.17) is 0 Å². The van der Waals surface area contributed by atoms with E-state index in [1.54, 1.807) is 35.9 Å². The zero-order chi connectivity index (χ0) is 16.1. The number of nitrogens with one attached hydrogen (secondary N) is 1. The van der Waals surface area contributed by atoms with Gasteiger partial charge in [-0.3, -0.25) is 9.78 Å². The SMILES string of the molecule is Cc1nnc(CCNC2CCN(C(=O)c3ccncc3)CC2)s1. The van der Waals surface area contributed by atoms with E-state index < -0.39 is 0 Å². The predicted octanol–water partition coefficient (Wildman–Crippen LogP) is 1.68. The third kappa shape index (κ3) is 4.33. The van der Waals surface area contributed by atoms with Crippen LogP contribution in [-0.2, 0) is 6.42 Å². The summed E-state index contributed by atoms with van der Waals surface area (Å²) in [6.07, 6.45) is 6.23. The minimum Gasteiger partial charge on any atom is -0.339 e. The number of likely N-dealkylation sites (tertiary alicyclic amines) is 1. The number of nitrogens with zero attached hydrogens (tertiary/aromatic N) is 4.